The Kier molecular flexibility index (Phi) is 4.52. The minimum atomic E-state index is -0.906. The number of hydrogen-bond acceptors (Lipinski definition) is 3. The molecule has 0 aliphatic rings. The molecular formula is C15H16FNO2S. The molecule has 0 spiro atoms. The van der Waals surface area contributed by atoms with Gasteiger partial charge in [0.2, 0.25) is 0 Å². The smallest absolute Gasteiger partial charge is 0.252 e. The van der Waals surface area contributed by atoms with Crippen molar-refractivity contribution < 1.29 is 13.9 Å². The zero-order chi connectivity index (χ0) is 14.6. The molecule has 5 heteroatoms. The van der Waals surface area contributed by atoms with Gasteiger partial charge in [-0.15, -0.1) is 0 Å². The SMILES string of the molecule is CO[C@](C)(CNC(=O)c1ccsc1)c1ccccc1F. The molecule has 1 aromatic carbocycles. The van der Waals surface area contributed by atoms with Gasteiger partial charge in [-0.3, -0.25) is 4.79 Å². The van der Waals surface area contributed by atoms with E-state index in [2.05, 4.69) is 5.32 Å². The molecule has 0 aliphatic heterocycles. The van der Waals surface area contributed by atoms with Crippen molar-refractivity contribution in [2.75, 3.05) is 13.7 Å². The quantitative estimate of drug-likeness (QED) is 0.919. The van der Waals surface area contributed by atoms with Crippen LogP contribution in [0.5, 0.6) is 0 Å². The van der Waals surface area contributed by atoms with E-state index in [1.54, 1.807) is 36.6 Å². The molecule has 1 aromatic heterocycles. The molecule has 0 fully saturated rings. The minimum Gasteiger partial charge on any atom is -0.372 e. The number of carbonyl (C=O) groups excluding carboxylic acids is 1. The summed E-state index contributed by atoms with van der Waals surface area (Å²) in [6.07, 6.45) is 0. The Morgan fingerprint density at radius 2 is 2.15 bits per heavy atom. The molecule has 2 rings (SSSR count). The van der Waals surface area contributed by atoms with Crippen LogP contribution in [0.2, 0.25) is 0 Å². The number of amides is 1. The fraction of sp³-hybridized carbons (Fsp3) is 0.267. The largest absolute Gasteiger partial charge is 0.372 e. The summed E-state index contributed by atoms with van der Waals surface area (Å²) in [6, 6.07) is 8.16. The summed E-state index contributed by atoms with van der Waals surface area (Å²) >= 11 is 1.45. The van der Waals surface area contributed by atoms with Gasteiger partial charge in [0, 0.05) is 23.6 Å². The van der Waals surface area contributed by atoms with Gasteiger partial charge in [-0.2, -0.15) is 11.3 Å². The first-order valence-corrected chi connectivity index (χ1v) is 7.11. The van der Waals surface area contributed by atoms with Crippen LogP contribution in [0.25, 0.3) is 0 Å². The molecule has 3 nitrogen and oxygen atoms in total. The number of rotatable bonds is 5. The van der Waals surface area contributed by atoms with Gasteiger partial charge in [-0.05, 0) is 24.4 Å². The predicted molar refractivity (Wildman–Crippen MR) is 77.4 cm³/mol. The van der Waals surface area contributed by atoms with Gasteiger partial charge in [-0.25, -0.2) is 4.39 Å². The molecule has 0 radical (unpaired) electrons. The molecular weight excluding hydrogens is 277 g/mol. The highest BCUT2D eigenvalue weighted by molar-refractivity contribution is 7.08. The van der Waals surface area contributed by atoms with Crippen molar-refractivity contribution in [3.8, 4) is 0 Å². The summed E-state index contributed by atoms with van der Waals surface area (Å²) in [6.45, 7) is 1.94. The van der Waals surface area contributed by atoms with Crippen molar-refractivity contribution in [2.24, 2.45) is 0 Å². The third kappa shape index (κ3) is 3.05. The summed E-state index contributed by atoms with van der Waals surface area (Å²) in [5.74, 6) is -0.535. The number of benzene rings is 1. The normalized spacial score (nSPS) is 13.8. The highest BCUT2D eigenvalue weighted by Gasteiger charge is 2.29. The fourth-order valence-corrected chi connectivity index (χ4v) is 2.55. The van der Waals surface area contributed by atoms with Gasteiger partial charge in [0.25, 0.3) is 5.91 Å². The molecule has 0 saturated carbocycles. The molecule has 0 bridgehead atoms. The maximum atomic E-state index is 13.9. The Hall–Kier alpha value is -1.72. The second kappa shape index (κ2) is 6.15. The van der Waals surface area contributed by atoms with E-state index >= 15 is 0 Å². The van der Waals surface area contributed by atoms with E-state index in [1.165, 1.54) is 24.5 Å². The zero-order valence-electron chi connectivity index (χ0n) is 11.4. The van der Waals surface area contributed by atoms with Gasteiger partial charge in [-0.1, -0.05) is 18.2 Å². The summed E-state index contributed by atoms with van der Waals surface area (Å²) in [5.41, 5.74) is 0.118. The zero-order valence-corrected chi connectivity index (χ0v) is 12.2. The lowest BCUT2D eigenvalue weighted by Gasteiger charge is -2.29. The number of carbonyl (C=O) groups is 1. The van der Waals surface area contributed by atoms with E-state index in [0.29, 0.717) is 11.1 Å². The molecule has 0 unspecified atom stereocenters. The number of nitrogens with one attached hydrogen (secondary N) is 1. The second-order valence-electron chi connectivity index (χ2n) is 4.61. The van der Waals surface area contributed by atoms with Crippen molar-refractivity contribution in [3.05, 3.63) is 58.0 Å². The Labute approximate surface area is 121 Å². The molecule has 1 heterocycles. The lowest BCUT2D eigenvalue weighted by molar-refractivity contribution is 0.000393. The van der Waals surface area contributed by atoms with Crippen LogP contribution < -0.4 is 5.32 Å². The van der Waals surface area contributed by atoms with Gasteiger partial charge < -0.3 is 10.1 Å². The van der Waals surface area contributed by atoms with E-state index in [1.807, 2.05) is 5.38 Å². The first-order chi connectivity index (χ1) is 9.57. The van der Waals surface area contributed by atoms with Crippen molar-refractivity contribution in [1.82, 2.24) is 5.32 Å². The maximum absolute atomic E-state index is 13.9. The Balaban J connectivity index is 2.12. The maximum Gasteiger partial charge on any atom is 0.252 e. The summed E-state index contributed by atoms with van der Waals surface area (Å²) in [7, 11) is 1.50. The topological polar surface area (TPSA) is 38.3 Å². The Bertz CT molecular complexity index is 585. The molecule has 1 amide bonds. The van der Waals surface area contributed by atoms with Crippen LogP contribution in [0.15, 0.2) is 41.1 Å². The second-order valence-corrected chi connectivity index (χ2v) is 5.39. The van der Waals surface area contributed by atoms with Crippen LogP contribution in [-0.4, -0.2) is 19.6 Å². The van der Waals surface area contributed by atoms with Gasteiger partial charge in [0.1, 0.15) is 11.4 Å². The monoisotopic (exact) mass is 293 g/mol. The number of ether oxygens (including phenoxy) is 1. The number of halogens is 1. The van der Waals surface area contributed by atoms with Crippen molar-refractivity contribution in [2.45, 2.75) is 12.5 Å². The van der Waals surface area contributed by atoms with Gasteiger partial charge in [0.15, 0.2) is 0 Å². The van der Waals surface area contributed by atoms with E-state index in [0.717, 1.165) is 0 Å². The third-order valence-corrected chi connectivity index (χ3v) is 3.95. The first kappa shape index (κ1) is 14.7. The lowest BCUT2D eigenvalue weighted by Crippen LogP contribution is -2.40. The van der Waals surface area contributed by atoms with Crippen molar-refractivity contribution >= 4 is 17.2 Å². The summed E-state index contributed by atoms with van der Waals surface area (Å²) in [4.78, 5) is 11.9. The molecule has 2 aromatic rings. The van der Waals surface area contributed by atoms with E-state index in [9.17, 15) is 9.18 Å². The summed E-state index contributed by atoms with van der Waals surface area (Å²) < 4.78 is 19.3. The first-order valence-electron chi connectivity index (χ1n) is 6.17. The number of methoxy groups -OCH3 is 1. The highest BCUT2D eigenvalue weighted by Crippen LogP contribution is 2.26. The lowest BCUT2D eigenvalue weighted by atomic mass is 9.95. The molecule has 1 atom stereocenters. The fourth-order valence-electron chi connectivity index (χ4n) is 1.91. The van der Waals surface area contributed by atoms with Crippen LogP contribution in [0, 0.1) is 5.82 Å². The van der Waals surface area contributed by atoms with Gasteiger partial charge >= 0.3 is 0 Å². The molecule has 106 valence electrons. The van der Waals surface area contributed by atoms with Crippen LogP contribution in [0.3, 0.4) is 0 Å². The molecule has 1 N–H and O–H groups in total. The third-order valence-electron chi connectivity index (χ3n) is 3.26. The van der Waals surface area contributed by atoms with Crippen molar-refractivity contribution in [3.63, 3.8) is 0 Å². The average Bonchev–Trinajstić information content (AvgIpc) is 2.99. The van der Waals surface area contributed by atoms with E-state index in [-0.39, 0.29) is 18.3 Å². The number of thiophene rings is 1. The molecule has 0 saturated heterocycles. The Morgan fingerprint density at radius 1 is 1.40 bits per heavy atom. The average molecular weight is 293 g/mol. The highest BCUT2D eigenvalue weighted by atomic mass is 32.1. The van der Waals surface area contributed by atoms with E-state index < -0.39 is 5.60 Å². The van der Waals surface area contributed by atoms with Gasteiger partial charge in [0.05, 0.1) is 6.54 Å². The van der Waals surface area contributed by atoms with Crippen molar-refractivity contribution in [1.29, 1.82) is 0 Å². The predicted octanol–water partition coefficient (Wildman–Crippen LogP) is 3.18. The van der Waals surface area contributed by atoms with Crippen LogP contribution >= 0.6 is 11.3 Å². The standard InChI is InChI=1S/C15H16FNO2S/c1-15(19-2,12-5-3-4-6-13(12)16)10-17-14(18)11-7-8-20-9-11/h3-9H,10H2,1-2H3,(H,17,18)/t15-/m1/s1. The molecule has 0 aliphatic carbocycles. The van der Waals surface area contributed by atoms with Crippen LogP contribution in [0.4, 0.5) is 4.39 Å². The minimum absolute atomic E-state index is 0.189. The van der Waals surface area contributed by atoms with E-state index in [4.69, 9.17) is 4.74 Å². The summed E-state index contributed by atoms with van der Waals surface area (Å²) in [5, 5.41) is 6.38. The Morgan fingerprint density at radius 3 is 2.75 bits per heavy atom. The van der Waals surface area contributed by atoms with Crippen LogP contribution in [-0.2, 0) is 10.3 Å². The number of hydrogen-bond donors (Lipinski definition) is 1. The van der Waals surface area contributed by atoms with Crippen LogP contribution in [0.1, 0.15) is 22.8 Å². The molecule has 20 heavy (non-hydrogen) atoms.